The van der Waals surface area contributed by atoms with Gasteiger partial charge in [0.15, 0.2) is 11.4 Å². The molecule has 2 aliphatic carbocycles. The molecule has 6 heteroatoms. The van der Waals surface area contributed by atoms with E-state index >= 15 is 0 Å². The molecule has 31 heavy (non-hydrogen) atoms. The number of hydrogen-bond acceptors (Lipinski definition) is 6. The Kier molecular flexibility index (Phi) is 7.16. The van der Waals surface area contributed by atoms with Crippen LogP contribution in [0.1, 0.15) is 79.4 Å². The fourth-order valence-electron chi connectivity index (χ4n) is 5.29. The van der Waals surface area contributed by atoms with Gasteiger partial charge in [0.25, 0.3) is 0 Å². The van der Waals surface area contributed by atoms with Crippen LogP contribution in [0.15, 0.2) is 12.1 Å². The number of aromatic nitrogens is 1. The predicted molar refractivity (Wildman–Crippen MR) is 127 cm³/mol. The van der Waals surface area contributed by atoms with Crippen molar-refractivity contribution in [2.75, 3.05) is 19.1 Å². The topological polar surface area (TPSA) is 51.7 Å². The van der Waals surface area contributed by atoms with E-state index in [1.165, 1.54) is 75.5 Å². The molecule has 1 aromatic heterocycles. The monoisotopic (exact) mass is 442 g/mol. The zero-order valence-electron chi connectivity index (χ0n) is 19.0. The lowest BCUT2D eigenvalue weighted by molar-refractivity contribution is 0.112. The molecule has 0 spiro atoms. The van der Waals surface area contributed by atoms with E-state index in [0.29, 0.717) is 34.2 Å². The Bertz CT molecular complexity index is 855. The van der Waals surface area contributed by atoms with Gasteiger partial charge in [-0.25, -0.2) is 4.98 Å². The summed E-state index contributed by atoms with van der Waals surface area (Å²) in [6, 6.07) is 5.01. The standard InChI is InChI=1S/C25H34N2O3S/c1-17-14-20(29-2)23(21(15-17)30-3)24-22(16-28)31-25(26-24)27(18-10-6-4-7-11-18)19-12-8-5-9-13-19/h14-16,18-19H,4-13H2,1-3H3. The fourth-order valence-corrected chi connectivity index (χ4v) is 6.32. The van der Waals surface area contributed by atoms with Gasteiger partial charge in [-0.3, -0.25) is 4.79 Å². The highest BCUT2D eigenvalue weighted by atomic mass is 32.1. The van der Waals surface area contributed by atoms with Crippen LogP contribution < -0.4 is 14.4 Å². The molecule has 0 radical (unpaired) electrons. The summed E-state index contributed by atoms with van der Waals surface area (Å²) in [6.45, 7) is 2.01. The van der Waals surface area contributed by atoms with Gasteiger partial charge in [-0.1, -0.05) is 49.9 Å². The molecule has 0 N–H and O–H groups in total. The quantitative estimate of drug-likeness (QED) is 0.463. The number of thiazole rings is 1. The summed E-state index contributed by atoms with van der Waals surface area (Å²) in [4.78, 5) is 20.5. The van der Waals surface area contributed by atoms with Crippen molar-refractivity contribution in [1.82, 2.24) is 4.98 Å². The third kappa shape index (κ3) is 4.59. The molecule has 1 heterocycles. The summed E-state index contributed by atoms with van der Waals surface area (Å²) in [5.74, 6) is 1.39. The number of carbonyl (C=O) groups excluding carboxylic acids is 1. The van der Waals surface area contributed by atoms with Crippen LogP contribution in [0.3, 0.4) is 0 Å². The molecule has 0 saturated heterocycles. The maximum absolute atomic E-state index is 12.1. The molecule has 0 bridgehead atoms. The van der Waals surface area contributed by atoms with Crippen molar-refractivity contribution in [3.05, 3.63) is 22.6 Å². The third-order valence-corrected chi connectivity index (χ3v) is 7.79. The van der Waals surface area contributed by atoms with Gasteiger partial charge in [0.2, 0.25) is 0 Å². The van der Waals surface area contributed by atoms with Crippen LogP contribution in [0.4, 0.5) is 5.13 Å². The van der Waals surface area contributed by atoms with E-state index < -0.39 is 0 Å². The predicted octanol–water partition coefficient (Wildman–Crippen LogP) is 6.42. The van der Waals surface area contributed by atoms with Gasteiger partial charge in [0.1, 0.15) is 17.2 Å². The summed E-state index contributed by atoms with van der Waals surface area (Å²) < 4.78 is 11.4. The molecular formula is C25H34N2O3S. The van der Waals surface area contributed by atoms with Gasteiger partial charge in [-0.05, 0) is 50.3 Å². The van der Waals surface area contributed by atoms with E-state index in [-0.39, 0.29) is 0 Å². The van der Waals surface area contributed by atoms with Crippen LogP contribution in [0.5, 0.6) is 11.5 Å². The van der Waals surface area contributed by atoms with Crippen LogP contribution in [0.2, 0.25) is 0 Å². The first-order chi connectivity index (χ1) is 15.2. The van der Waals surface area contributed by atoms with Gasteiger partial charge >= 0.3 is 0 Å². The van der Waals surface area contributed by atoms with Gasteiger partial charge in [0, 0.05) is 12.1 Å². The number of methoxy groups -OCH3 is 2. The molecular weight excluding hydrogens is 408 g/mol. The lowest BCUT2D eigenvalue weighted by atomic mass is 9.89. The second-order valence-electron chi connectivity index (χ2n) is 8.86. The van der Waals surface area contributed by atoms with E-state index in [1.54, 1.807) is 14.2 Å². The van der Waals surface area contributed by atoms with Gasteiger partial charge in [-0.2, -0.15) is 0 Å². The van der Waals surface area contributed by atoms with Crippen LogP contribution in [-0.4, -0.2) is 37.6 Å². The molecule has 2 aromatic rings. The first-order valence-electron chi connectivity index (χ1n) is 11.6. The zero-order valence-corrected chi connectivity index (χ0v) is 19.8. The minimum Gasteiger partial charge on any atom is -0.496 e. The molecule has 2 aliphatic rings. The van der Waals surface area contributed by atoms with E-state index in [2.05, 4.69) is 4.90 Å². The molecule has 0 aliphatic heterocycles. The largest absolute Gasteiger partial charge is 0.496 e. The van der Waals surface area contributed by atoms with Crippen molar-refractivity contribution in [1.29, 1.82) is 0 Å². The Balaban J connectivity index is 1.80. The Hall–Kier alpha value is -2.08. The van der Waals surface area contributed by atoms with Crippen molar-refractivity contribution < 1.29 is 14.3 Å². The summed E-state index contributed by atoms with van der Waals surface area (Å²) in [5, 5.41) is 0.987. The molecule has 4 rings (SSSR count). The fraction of sp³-hybridized carbons (Fsp3) is 0.600. The van der Waals surface area contributed by atoms with Crippen molar-refractivity contribution in [2.45, 2.75) is 83.2 Å². The molecule has 0 amide bonds. The Morgan fingerprint density at radius 1 is 0.935 bits per heavy atom. The maximum atomic E-state index is 12.1. The number of anilines is 1. The van der Waals surface area contributed by atoms with Crippen LogP contribution in [-0.2, 0) is 0 Å². The average Bonchev–Trinajstić information content (AvgIpc) is 3.23. The van der Waals surface area contributed by atoms with Crippen molar-refractivity contribution in [3.63, 3.8) is 0 Å². The van der Waals surface area contributed by atoms with Crippen LogP contribution in [0, 0.1) is 6.92 Å². The number of rotatable bonds is 7. The Labute approximate surface area is 189 Å². The molecule has 5 nitrogen and oxygen atoms in total. The number of ether oxygens (including phenoxy) is 2. The molecule has 2 saturated carbocycles. The summed E-state index contributed by atoms with van der Waals surface area (Å²) in [7, 11) is 3.31. The average molecular weight is 443 g/mol. The Morgan fingerprint density at radius 2 is 1.45 bits per heavy atom. The summed E-state index contributed by atoms with van der Waals surface area (Å²) in [5.41, 5.74) is 2.50. The lowest BCUT2D eigenvalue weighted by Gasteiger charge is -2.41. The molecule has 0 atom stereocenters. The SMILES string of the molecule is COc1cc(C)cc(OC)c1-c1nc(N(C2CCCCC2)C2CCCCC2)sc1C=O. The molecule has 1 aromatic carbocycles. The third-order valence-electron chi connectivity index (χ3n) is 6.79. The Morgan fingerprint density at radius 3 is 1.90 bits per heavy atom. The first kappa shape index (κ1) is 22.1. The number of aldehydes is 1. The lowest BCUT2D eigenvalue weighted by Crippen LogP contribution is -2.45. The smallest absolute Gasteiger partial charge is 0.187 e. The van der Waals surface area contributed by atoms with Gasteiger partial charge < -0.3 is 14.4 Å². The number of aryl methyl sites for hydroxylation is 1. The zero-order chi connectivity index (χ0) is 21.8. The van der Waals surface area contributed by atoms with Gasteiger partial charge in [0.05, 0.1) is 24.7 Å². The van der Waals surface area contributed by atoms with E-state index in [1.807, 2.05) is 19.1 Å². The van der Waals surface area contributed by atoms with Crippen molar-refractivity contribution in [2.24, 2.45) is 0 Å². The molecule has 0 unspecified atom stereocenters. The molecule has 2 fully saturated rings. The normalized spacial score (nSPS) is 18.0. The second-order valence-corrected chi connectivity index (χ2v) is 9.87. The minimum absolute atomic E-state index is 0.525. The summed E-state index contributed by atoms with van der Waals surface area (Å²) in [6.07, 6.45) is 13.6. The van der Waals surface area contributed by atoms with Crippen LogP contribution in [0.25, 0.3) is 11.3 Å². The highest BCUT2D eigenvalue weighted by Gasteiger charge is 2.32. The van der Waals surface area contributed by atoms with E-state index in [0.717, 1.165) is 22.5 Å². The number of benzene rings is 1. The minimum atomic E-state index is 0.525. The number of nitrogens with zero attached hydrogens (tertiary/aromatic N) is 2. The highest BCUT2D eigenvalue weighted by molar-refractivity contribution is 7.17. The van der Waals surface area contributed by atoms with Crippen LogP contribution >= 0.6 is 11.3 Å². The van der Waals surface area contributed by atoms with Gasteiger partial charge in [-0.15, -0.1) is 0 Å². The number of carbonyl (C=O) groups is 1. The maximum Gasteiger partial charge on any atom is 0.187 e. The van der Waals surface area contributed by atoms with E-state index in [9.17, 15) is 4.79 Å². The highest BCUT2D eigenvalue weighted by Crippen LogP contribution is 2.45. The first-order valence-corrected chi connectivity index (χ1v) is 12.4. The van der Waals surface area contributed by atoms with Crippen molar-refractivity contribution in [3.8, 4) is 22.8 Å². The van der Waals surface area contributed by atoms with E-state index in [4.69, 9.17) is 14.5 Å². The van der Waals surface area contributed by atoms with Crippen molar-refractivity contribution >= 4 is 22.8 Å². The second kappa shape index (κ2) is 10.0. The summed E-state index contributed by atoms with van der Waals surface area (Å²) >= 11 is 1.53. The number of hydrogen-bond donors (Lipinski definition) is 0. The molecule has 168 valence electrons.